The standard InChI is InChI=1S/C20H29N3O2S/c1-13-11-15(14(2)25-26-6)17-16(12-13)18(24)22(5)19(21-17)23-9-7-20(3,4)8-10-23/h11-12,14H,7-10H2,1-6H3. The van der Waals surface area contributed by atoms with Gasteiger partial charge in [0.1, 0.15) is 0 Å². The molecule has 0 N–H and O–H groups in total. The molecule has 2 aromatic rings. The third-order valence-electron chi connectivity index (χ3n) is 5.41. The van der Waals surface area contributed by atoms with E-state index < -0.39 is 0 Å². The Labute approximate surface area is 160 Å². The first kappa shape index (κ1) is 19.2. The van der Waals surface area contributed by atoms with Crippen LogP contribution < -0.4 is 10.5 Å². The van der Waals surface area contributed by atoms with Crippen LogP contribution in [0.3, 0.4) is 0 Å². The molecule has 1 aromatic carbocycles. The largest absolute Gasteiger partial charge is 0.342 e. The SMILES string of the molecule is CSOC(C)c1cc(C)cc2c(=O)n(C)c(N3CCC(C)(C)CC3)nc12. The number of hydrogen-bond acceptors (Lipinski definition) is 5. The van der Waals surface area contributed by atoms with Crippen LogP contribution in [0.25, 0.3) is 10.9 Å². The van der Waals surface area contributed by atoms with E-state index in [4.69, 9.17) is 9.17 Å². The fourth-order valence-corrected chi connectivity index (χ4v) is 4.03. The zero-order chi connectivity index (χ0) is 19.1. The lowest BCUT2D eigenvalue weighted by Crippen LogP contribution is -2.40. The molecule has 6 heteroatoms. The number of piperidine rings is 1. The second kappa shape index (κ2) is 7.24. The Morgan fingerprint density at radius 3 is 2.54 bits per heavy atom. The smallest absolute Gasteiger partial charge is 0.262 e. The van der Waals surface area contributed by atoms with Crippen LogP contribution in [-0.4, -0.2) is 28.9 Å². The van der Waals surface area contributed by atoms with E-state index >= 15 is 0 Å². The fraction of sp³-hybridized carbons (Fsp3) is 0.600. The van der Waals surface area contributed by atoms with Gasteiger partial charge in [-0.25, -0.2) is 4.98 Å². The average Bonchev–Trinajstić information content (AvgIpc) is 2.58. The number of nitrogens with zero attached hydrogens (tertiary/aromatic N) is 3. The van der Waals surface area contributed by atoms with Gasteiger partial charge in [0.05, 0.1) is 17.0 Å². The van der Waals surface area contributed by atoms with Crippen LogP contribution in [0.1, 0.15) is 50.8 Å². The summed E-state index contributed by atoms with van der Waals surface area (Å²) < 4.78 is 7.43. The molecule has 0 aliphatic carbocycles. The predicted octanol–water partition coefficient (Wildman–Crippen LogP) is 4.22. The molecule has 2 heterocycles. The third kappa shape index (κ3) is 3.62. The molecule has 0 radical (unpaired) electrons. The van der Waals surface area contributed by atoms with Gasteiger partial charge in [0.2, 0.25) is 5.95 Å². The van der Waals surface area contributed by atoms with Gasteiger partial charge in [0.25, 0.3) is 5.56 Å². The molecule has 26 heavy (non-hydrogen) atoms. The summed E-state index contributed by atoms with van der Waals surface area (Å²) in [4.78, 5) is 20.3. The molecule has 0 spiro atoms. The van der Waals surface area contributed by atoms with Crippen molar-refractivity contribution in [1.82, 2.24) is 9.55 Å². The Morgan fingerprint density at radius 2 is 1.92 bits per heavy atom. The molecular weight excluding hydrogens is 346 g/mol. The van der Waals surface area contributed by atoms with Crippen molar-refractivity contribution in [3.63, 3.8) is 0 Å². The number of aryl methyl sites for hydroxylation is 1. The number of hydrogen-bond donors (Lipinski definition) is 0. The first-order valence-corrected chi connectivity index (χ1v) is 10.3. The third-order valence-corrected chi connectivity index (χ3v) is 5.89. The first-order chi connectivity index (χ1) is 12.2. The second-order valence-electron chi connectivity index (χ2n) is 8.08. The van der Waals surface area contributed by atoms with Crippen molar-refractivity contribution < 1.29 is 4.18 Å². The van der Waals surface area contributed by atoms with Crippen molar-refractivity contribution in [2.75, 3.05) is 24.2 Å². The van der Waals surface area contributed by atoms with Crippen molar-refractivity contribution in [3.05, 3.63) is 33.6 Å². The lowest BCUT2D eigenvalue weighted by Gasteiger charge is -2.38. The minimum Gasteiger partial charge on any atom is -0.342 e. The number of fused-ring (bicyclic) bond motifs is 1. The van der Waals surface area contributed by atoms with Crippen LogP contribution in [0.2, 0.25) is 0 Å². The zero-order valence-electron chi connectivity index (χ0n) is 16.6. The molecule has 5 nitrogen and oxygen atoms in total. The van der Waals surface area contributed by atoms with Crippen LogP contribution in [0.15, 0.2) is 16.9 Å². The summed E-state index contributed by atoms with van der Waals surface area (Å²) in [5, 5.41) is 0.667. The topological polar surface area (TPSA) is 47.4 Å². The maximum atomic E-state index is 13.1. The van der Waals surface area contributed by atoms with E-state index in [0.717, 1.165) is 48.5 Å². The summed E-state index contributed by atoms with van der Waals surface area (Å²) in [5.74, 6) is 0.763. The zero-order valence-corrected chi connectivity index (χ0v) is 17.4. The molecule has 3 rings (SSSR count). The van der Waals surface area contributed by atoms with Gasteiger partial charge in [0.15, 0.2) is 0 Å². The molecule has 1 aliphatic rings. The van der Waals surface area contributed by atoms with Gasteiger partial charge in [-0.15, -0.1) is 0 Å². The van der Waals surface area contributed by atoms with Gasteiger partial charge >= 0.3 is 0 Å². The quantitative estimate of drug-likeness (QED) is 0.749. The van der Waals surface area contributed by atoms with Gasteiger partial charge in [-0.3, -0.25) is 9.36 Å². The molecule has 1 atom stereocenters. The summed E-state index contributed by atoms with van der Waals surface area (Å²) >= 11 is 1.34. The minimum atomic E-state index is -0.125. The molecule has 142 valence electrons. The van der Waals surface area contributed by atoms with Gasteiger partial charge in [-0.2, -0.15) is 0 Å². The Bertz CT molecular complexity index is 865. The van der Waals surface area contributed by atoms with Gasteiger partial charge in [-0.05, 0) is 55.8 Å². The maximum Gasteiger partial charge on any atom is 0.262 e. The molecule has 1 aromatic heterocycles. The summed E-state index contributed by atoms with van der Waals surface area (Å²) in [6, 6.07) is 4.02. The lowest BCUT2D eigenvalue weighted by atomic mass is 9.83. The maximum absolute atomic E-state index is 13.1. The highest BCUT2D eigenvalue weighted by Crippen LogP contribution is 2.33. The molecular formula is C20H29N3O2S. The van der Waals surface area contributed by atoms with Crippen LogP contribution in [0.4, 0.5) is 5.95 Å². The number of benzene rings is 1. The van der Waals surface area contributed by atoms with E-state index in [1.54, 1.807) is 4.57 Å². The Kier molecular flexibility index (Phi) is 5.35. The van der Waals surface area contributed by atoms with Crippen LogP contribution >= 0.6 is 12.0 Å². The Hall–Kier alpha value is -1.53. The summed E-state index contributed by atoms with van der Waals surface area (Å²) in [6.07, 6.45) is 3.99. The molecule has 0 bridgehead atoms. The van der Waals surface area contributed by atoms with Crippen molar-refractivity contribution in [1.29, 1.82) is 0 Å². The summed E-state index contributed by atoms with van der Waals surface area (Å²) in [6.45, 7) is 10.5. The molecule has 1 saturated heterocycles. The van der Waals surface area contributed by atoms with E-state index in [-0.39, 0.29) is 11.7 Å². The van der Waals surface area contributed by atoms with E-state index in [2.05, 4.69) is 24.8 Å². The van der Waals surface area contributed by atoms with Crippen molar-refractivity contribution in [2.45, 2.75) is 46.6 Å². The fourth-order valence-electron chi connectivity index (χ4n) is 3.64. The van der Waals surface area contributed by atoms with Crippen LogP contribution in [0, 0.1) is 12.3 Å². The molecule has 0 saturated carbocycles. The molecule has 1 fully saturated rings. The van der Waals surface area contributed by atoms with E-state index in [9.17, 15) is 4.79 Å². The predicted molar refractivity (Wildman–Crippen MR) is 110 cm³/mol. The van der Waals surface area contributed by atoms with Crippen LogP contribution in [-0.2, 0) is 11.2 Å². The molecule has 1 unspecified atom stereocenters. The van der Waals surface area contributed by atoms with Crippen molar-refractivity contribution in [2.24, 2.45) is 12.5 Å². The van der Waals surface area contributed by atoms with E-state index in [1.165, 1.54) is 12.0 Å². The van der Waals surface area contributed by atoms with Gasteiger partial charge < -0.3 is 9.08 Å². The first-order valence-electron chi connectivity index (χ1n) is 9.19. The normalized spacial score (nSPS) is 18.3. The van der Waals surface area contributed by atoms with Crippen molar-refractivity contribution >= 4 is 28.9 Å². The second-order valence-corrected chi connectivity index (χ2v) is 8.61. The number of rotatable bonds is 4. The number of aromatic nitrogens is 2. The average molecular weight is 376 g/mol. The molecule has 1 aliphatic heterocycles. The highest BCUT2D eigenvalue weighted by Gasteiger charge is 2.28. The van der Waals surface area contributed by atoms with Gasteiger partial charge in [0, 0.05) is 32.0 Å². The molecule has 0 amide bonds. The monoisotopic (exact) mass is 375 g/mol. The van der Waals surface area contributed by atoms with E-state index in [0.29, 0.717) is 10.8 Å². The highest BCUT2D eigenvalue weighted by molar-refractivity contribution is 7.93. The highest BCUT2D eigenvalue weighted by atomic mass is 32.2. The van der Waals surface area contributed by atoms with E-state index in [1.807, 2.05) is 33.2 Å². The Balaban J connectivity index is 2.14. The lowest BCUT2D eigenvalue weighted by molar-refractivity contribution is 0.275. The Morgan fingerprint density at radius 1 is 1.27 bits per heavy atom. The van der Waals surface area contributed by atoms with Gasteiger partial charge in [-0.1, -0.05) is 19.9 Å². The van der Waals surface area contributed by atoms with Crippen molar-refractivity contribution in [3.8, 4) is 0 Å². The van der Waals surface area contributed by atoms with Crippen LogP contribution in [0.5, 0.6) is 0 Å². The number of anilines is 1. The summed E-state index contributed by atoms with van der Waals surface area (Å²) in [7, 11) is 1.83. The minimum absolute atomic E-state index is 0.0103. The summed E-state index contributed by atoms with van der Waals surface area (Å²) in [5.41, 5.74) is 3.16.